The SMILES string of the molecule is CCCCCC1C=CC(CCCCCC(C(=O)O)C(O)CCC2(O)CC(Cc3ccnc(N)c3)CC2C(O)c2cc(CC)c[n-]2)C(O)C1. The number of hydrogen-bond donors (Lipinski definition) is 6. The van der Waals surface area contributed by atoms with Crippen molar-refractivity contribution in [2.45, 2.75) is 140 Å². The van der Waals surface area contributed by atoms with Crippen molar-refractivity contribution in [2.75, 3.05) is 5.73 Å². The molecule has 0 bridgehead atoms. The summed E-state index contributed by atoms with van der Waals surface area (Å²) < 4.78 is 0. The van der Waals surface area contributed by atoms with E-state index < -0.39 is 35.6 Å². The Bertz CT molecular complexity index is 1300. The van der Waals surface area contributed by atoms with Crippen molar-refractivity contribution in [3.8, 4) is 0 Å². The molecule has 2 heterocycles. The standard InChI is InChI=1S/C39H60N3O6/c1-3-5-7-10-27-13-14-30(35(44)22-27)11-8-6-9-12-31(38(46)47)34(43)15-17-39(48)24-29(19-28-16-18-41-36(40)23-28)20-32(39)37(45)33-21-26(4-2)25-42-33/h13-14,16,18,21,23,25,27,29-32,34-35,37,43-45,48H,3-12,15,17,19-20,22,24H2,1-2H3,(H2,40,41)(H,46,47)/q-1. The number of anilines is 1. The highest BCUT2D eigenvalue weighted by molar-refractivity contribution is 5.70. The quantitative estimate of drug-likeness (QED) is 0.0717. The van der Waals surface area contributed by atoms with Gasteiger partial charge in [-0.3, -0.25) is 4.79 Å². The number of carboxylic acids is 1. The van der Waals surface area contributed by atoms with Gasteiger partial charge in [-0.05, 0) is 93.7 Å². The second kappa shape index (κ2) is 18.3. The minimum Gasteiger partial charge on any atom is -0.665 e. The van der Waals surface area contributed by atoms with Gasteiger partial charge in [-0.1, -0.05) is 76.2 Å². The Morgan fingerprint density at radius 2 is 1.83 bits per heavy atom. The first-order chi connectivity index (χ1) is 23.0. The van der Waals surface area contributed by atoms with Gasteiger partial charge in [0.1, 0.15) is 5.82 Å². The molecule has 0 spiro atoms. The molecule has 9 nitrogen and oxygen atoms in total. The van der Waals surface area contributed by atoms with Crippen molar-refractivity contribution in [3.63, 3.8) is 0 Å². The molecule has 0 radical (unpaired) electrons. The van der Waals surface area contributed by atoms with Gasteiger partial charge in [0.25, 0.3) is 0 Å². The number of allylic oxidation sites excluding steroid dienone is 1. The number of hydrogen-bond acceptors (Lipinski definition) is 7. The molecule has 0 aliphatic heterocycles. The topological polar surface area (TPSA) is 171 Å². The van der Waals surface area contributed by atoms with E-state index in [4.69, 9.17) is 5.73 Å². The summed E-state index contributed by atoms with van der Waals surface area (Å²) in [6.07, 6.45) is 17.5. The first kappa shape index (κ1) is 38.1. The lowest BCUT2D eigenvalue weighted by atomic mass is 9.79. The van der Waals surface area contributed by atoms with Crippen LogP contribution in [-0.2, 0) is 17.6 Å². The van der Waals surface area contributed by atoms with E-state index in [1.54, 1.807) is 12.4 Å². The number of aliphatic hydroxyl groups excluding tert-OH is 3. The number of rotatable bonds is 20. The van der Waals surface area contributed by atoms with Crippen LogP contribution in [0.3, 0.4) is 0 Å². The Labute approximate surface area is 287 Å². The Kier molecular flexibility index (Phi) is 14.5. The van der Waals surface area contributed by atoms with Gasteiger partial charge in [0, 0.05) is 18.0 Å². The van der Waals surface area contributed by atoms with Gasteiger partial charge in [-0.15, -0.1) is 5.69 Å². The zero-order chi connectivity index (χ0) is 34.7. The molecule has 0 amide bonds. The fraction of sp³-hybridized carbons (Fsp3) is 0.692. The van der Waals surface area contributed by atoms with Crippen molar-refractivity contribution in [3.05, 3.63) is 59.6 Å². The van der Waals surface area contributed by atoms with Crippen LogP contribution in [0.15, 0.2) is 42.7 Å². The first-order valence-corrected chi connectivity index (χ1v) is 18.5. The summed E-state index contributed by atoms with van der Waals surface area (Å²) in [5.74, 6) is -1.35. The fourth-order valence-electron chi connectivity index (χ4n) is 8.27. The van der Waals surface area contributed by atoms with Crippen LogP contribution < -0.4 is 10.7 Å². The van der Waals surface area contributed by atoms with Gasteiger partial charge in [0.05, 0.1) is 29.8 Å². The second-order valence-electron chi connectivity index (χ2n) is 14.8. The molecule has 0 aromatic carbocycles. The number of carboxylic acid groups (broad SMARTS) is 1. The number of nitrogen functional groups attached to an aromatic ring is 1. The van der Waals surface area contributed by atoms with Crippen LogP contribution in [0, 0.1) is 29.6 Å². The molecule has 4 rings (SSSR count). The van der Waals surface area contributed by atoms with E-state index in [1.807, 2.05) is 25.1 Å². The molecule has 48 heavy (non-hydrogen) atoms. The van der Waals surface area contributed by atoms with Crippen LogP contribution >= 0.6 is 0 Å². The zero-order valence-electron chi connectivity index (χ0n) is 29.1. The molecule has 9 atom stereocenters. The minimum atomic E-state index is -1.29. The monoisotopic (exact) mass is 666 g/mol. The molecule has 9 heteroatoms. The number of carbonyl (C=O) groups is 1. The normalized spacial score (nSPS) is 27.6. The van der Waals surface area contributed by atoms with Gasteiger partial charge in [-0.25, -0.2) is 4.98 Å². The summed E-state index contributed by atoms with van der Waals surface area (Å²) in [5.41, 5.74) is 7.18. The molecule has 2 aliphatic rings. The Balaban J connectivity index is 1.30. The van der Waals surface area contributed by atoms with Crippen molar-refractivity contribution < 1.29 is 30.3 Å². The molecule has 0 saturated heterocycles. The van der Waals surface area contributed by atoms with Crippen LogP contribution in [-0.4, -0.2) is 54.3 Å². The summed E-state index contributed by atoms with van der Waals surface area (Å²) in [6.45, 7) is 4.23. The van der Waals surface area contributed by atoms with E-state index in [0.717, 1.165) is 49.7 Å². The van der Waals surface area contributed by atoms with Crippen molar-refractivity contribution in [1.29, 1.82) is 0 Å². The molecule has 9 unspecified atom stereocenters. The van der Waals surface area contributed by atoms with Crippen molar-refractivity contribution >= 4 is 11.8 Å². The maximum Gasteiger partial charge on any atom is 0.309 e. The third-order valence-corrected chi connectivity index (χ3v) is 11.1. The molecule has 268 valence electrons. The molecule has 2 aliphatic carbocycles. The summed E-state index contributed by atoms with van der Waals surface area (Å²) in [7, 11) is 0. The number of aliphatic hydroxyl groups is 4. The van der Waals surface area contributed by atoms with E-state index in [9.17, 15) is 30.3 Å². The number of nitrogens with two attached hydrogens (primary N) is 1. The smallest absolute Gasteiger partial charge is 0.309 e. The van der Waals surface area contributed by atoms with E-state index >= 15 is 0 Å². The Morgan fingerprint density at radius 3 is 2.52 bits per heavy atom. The van der Waals surface area contributed by atoms with Crippen molar-refractivity contribution in [2.24, 2.45) is 29.6 Å². The van der Waals surface area contributed by atoms with Crippen LogP contribution in [0.2, 0.25) is 0 Å². The molecule has 2 aromatic heterocycles. The summed E-state index contributed by atoms with van der Waals surface area (Å²) in [4.78, 5) is 20.7. The average molecular weight is 667 g/mol. The number of unbranched alkanes of at least 4 members (excludes halogenated alkanes) is 4. The van der Waals surface area contributed by atoms with E-state index in [-0.39, 0.29) is 30.8 Å². The number of aryl methyl sites for hydroxylation is 1. The average Bonchev–Trinajstić information content (AvgIpc) is 3.67. The molecular formula is C39H60N3O6-. The van der Waals surface area contributed by atoms with Crippen molar-refractivity contribution in [1.82, 2.24) is 9.97 Å². The van der Waals surface area contributed by atoms with Gasteiger partial charge >= 0.3 is 5.97 Å². The number of aromatic nitrogens is 2. The van der Waals surface area contributed by atoms with Gasteiger partial charge in [0.2, 0.25) is 0 Å². The van der Waals surface area contributed by atoms with E-state index in [1.165, 1.54) is 19.3 Å². The lowest BCUT2D eigenvalue weighted by molar-refractivity contribution is -0.147. The second-order valence-corrected chi connectivity index (χ2v) is 14.8. The Morgan fingerprint density at radius 1 is 1.04 bits per heavy atom. The third-order valence-electron chi connectivity index (χ3n) is 11.1. The van der Waals surface area contributed by atoms with Crippen LogP contribution in [0.4, 0.5) is 5.82 Å². The van der Waals surface area contributed by atoms with E-state index in [0.29, 0.717) is 49.5 Å². The highest BCUT2D eigenvalue weighted by atomic mass is 16.4. The van der Waals surface area contributed by atoms with Crippen LogP contribution in [0.5, 0.6) is 0 Å². The maximum absolute atomic E-state index is 12.2. The van der Waals surface area contributed by atoms with Gasteiger partial charge < -0.3 is 36.3 Å². The number of aliphatic carboxylic acids is 1. The molecule has 2 aromatic rings. The molecule has 1 fully saturated rings. The fourth-order valence-corrected chi connectivity index (χ4v) is 8.27. The third kappa shape index (κ3) is 10.6. The number of nitrogens with zero attached hydrogens (tertiary/aromatic N) is 2. The highest BCUT2D eigenvalue weighted by Gasteiger charge is 2.49. The van der Waals surface area contributed by atoms with Gasteiger partial charge in [-0.2, -0.15) is 6.20 Å². The lowest BCUT2D eigenvalue weighted by Gasteiger charge is -2.36. The summed E-state index contributed by atoms with van der Waals surface area (Å²) in [5, 5.41) is 55.4. The molecule has 7 N–H and O–H groups in total. The largest absolute Gasteiger partial charge is 0.665 e. The zero-order valence-corrected chi connectivity index (χ0v) is 29.1. The first-order valence-electron chi connectivity index (χ1n) is 18.5. The minimum absolute atomic E-state index is 0.0638. The lowest BCUT2D eigenvalue weighted by Crippen LogP contribution is -2.39. The summed E-state index contributed by atoms with van der Waals surface area (Å²) in [6, 6.07) is 5.62. The molecular weight excluding hydrogens is 606 g/mol. The highest BCUT2D eigenvalue weighted by Crippen LogP contribution is 2.49. The predicted octanol–water partition coefficient (Wildman–Crippen LogP) is 6.14. The maximum atomic E-state index is 12.2. The van der Waals surface area contributed by atoms with E-state index in [2.05, 4.69) is 29.0 Å². The van der Waals surface area contributed by atoms with Crippen LogP contribution in [0.1, 0.15) is 127 Å². The summed E-state index contributed by atoms with van der Waals surface area (Å²) >= 11 is 0. The molecule has 1 saturated carbocycles. The van der Waals surface area contributed by atoms with Crippen LogP contribution in [0.25, 0.3) is 0 Å². The van der Waals surface area contributed by atoms with Gasteiger partial charge in [0.15, 0.2) is 0 Å². The number of pyridine rings is 1. The Hall–Kier alpha value is -2.72. The predicted molar refractivity (Wildman–Crippen MR) is 188 cm³/mol.